The summed E-state index contributed by atoms with van der Waals surface area (Å²) in [6.07, 6.45) is 0. The molecular formula is CBrN2O4-. The first-order valence-corrected chi connectivity index (χ1v) is 2.16. The SMILES string of the molecule is O=[N+]([O-])[C-](Br)[N+](=O)[O-]. The van der Waals surface area contributed by atoms with E-state index in [-0.39, 0.29) is 0 Å². The van der Waals surface area contributed by atoms with Crippen LogP contribution in [-0.2, 0) is 0 Å². The van der Waals surface area contributed by atoms with Crippen molar-refractivity contribution in [3.8, 4) is 0 Å². The summed E-state index contributed by atoms with van der Waals surface area (Å²) in [6, 6.07) is 0. The third-order valence-electron chi connectivity index (χ3n) is 0.301. The molecule has 0 aliphatic carbocycles. The van der Waals surface area contributed by atoms with Gasteiger partial charge in [-0.05, 0) is 9.85 Å². The minimum absolute atomic E-state index is 1.12. The second kappa shape index (κ2) is 2.46. The fourth-order valence-electron chi connectivity index (χ4n) is 0.0667. The molecule has 0 saturated carbocycles. The summed E-state index contributed by atoms with van der Waals surface area (Å²) in [5.41, 5.74) is 0. The lowest BCUT2D eigenvalue weighted by atomic mass is 11.2. The molecule has 0 radical (unpaired) electrons. The first kappa shape index (κ1) is 7.15. The molecule has 0 N–H and O–H groups in total. The van der Waals surface area contributed by atoms with Crippen molar-refractivity contribution in [1.29, 1.82) is 0 Å². The Morgan fingerprint density at radius 2 is 1.50 bits per heavy atom. The Morgan fingerprint density at radius 3 is 1.50 bits per heavy atom. The molecule has 6 nitrogen and oxygen atoms in total. The summed E-state index contributed by atoms with van der Waals surface area (Å²) in [6.45, 7) is 0. The summed E-state index contributed by atoms with van der Waals surface area (Å²) in [5.74, 6) is 0. The zero-order valence-corrected chi connectivity index (χ0v) is 4.99. The second-order valence-corrected chi connectivity index (χ2v) is 1.49. The summed E-state index contributed by atoms with van der Waals surface area (Å²) < 4.78 is 0. The Bertz CT molecular complexity index is 109. The smallest absolute Gasteiger partial charge is 0.288 e. The standard InChI is InChI=1S/CBrN2O4/c2-1(3(5)6)4(7)8/q-1. The number of hydrogen-bond acceptors (Lipinski definition) is 4. The van der Waals surface area contributed by atoms with Crippen LogP contribution < -0.4 is 0 Å². The predicted molar refractivity (Wildman–Crippen MR) is 26.2 cm³/mol. The van der Waals surface area contributed by atoms with Gasteiger partial charge >= 0.3 is 5.08 Å². The van der Waals surface area contributed by atoms with E-state index in [4.69, 9.17) is 0 Å². The van der Waals surface area contributed by atoms with Crippen molar-refractivity contribution in [3.63, 3.8) is 0 Å². The van der Waals surface area contributed by atoms with Gasteiger partial charge in [0.15, 0.2) is 0 Å². The van der Waals surface area contributed by atoms with Crippen LogP contribution in [0.15, 0.2) is 0 Å². The Morgan fingerprint density at radius 1 is 1.25 bits per heavy atom. The fraction of sp³-hybridized carbons (Fsp3) is 0. The molecule has 0 aliphatic rings. The molecule has 0 atom stereocenters. The summed E-state index contributed by atoms with van der Waals surface area (Å²) >= 11 is 2.12. The molecule has 0 heterocycles. The van der Waals surface area contributed by atoms with Gasteiger partial charge in [0.05, 0.1) is 0 Å². The van der Waals surface area contributed by atoms with Crippen LogP contribution in [0.1, 0.15) is 0 Å². The van der Waals surface area contributed by atoms with E-state index >= 15 is 0 Å². The molecule has 0 saturated heterocycles. The minimum Gasteiger partial charge on any atom is -0.288 e. The maximum absolute atomic E-state index is 9.42. The van der Waals surface area contributed by atoms with Crippen molar-refractivity contribution in [1.82, 2.24) is 0 Å². The van der Waals surface area contributed by atoms with Crippen molar-refractivity contribution in [2.75, 3.05) is 0 Å². The molecule has 0 aromatic rings. The Balaban J connectivity index is 3.83. The average Bonchev–Trinajstić information content (AvgIpc) is 1.64. The highest BCUT2D eigenvalue weighted by Crippen LogP contribution is 2.08. The first-order chi connectivity index (χ1) is 3.55. The Kier molecular flexibility index (Phi) is 2.19. The number of hydrogen-bond donors (Lipinski definition) is 0. The van der Waals surface area contributed by atoms with Crippen molar-refractivity contribution in [2.45, 2.75) is 0 Å². The van der Waals surface area contributed by atoms with E-state index in [2.05, 4.69) is 15.9 Å². The molecule has 0 aromatic carbocycles. The van der Waals surface area contributed by atoms with Crippen LogP contribution in [0.5, 0.6) is 0 Å². The lowest BCUT2D eigenvalue weighted by molar-refractivity contribution is -0.642. The van der Waals surface area contributed by atoms with Gasteiger partial charge in [-0.3, -0.25) is 20.2 Å². The molecule has 0 rings (SSSR count). The topological polar surface area (TPSA) is 86.3 Å². The lowest BCUT2D eigenvalue weighted by Gasteiger charge is -2.01. The van der Waals surface area contributed by atoms with Crippen molar-refractivity contribution in [2.24, 2.45) is 0 Å². The quantitative estimate of drug-likeness (QED) is 0.268. The molecule has 0 unspecified atom stereocenters. The molecular weight excluding hydrogens is 184 g/mol. The monoisotopic (exact) mass is 183 g/mol. The van der Waals surface area contributed by atoms with Crippen molar-refractivity contribution in [3.05, 3.63) is 25.3 Å². The molecule has 8 heavy (non-hydrogen) atoms. The lowest BCUT2D eigenvalue weighted by Crippen LogP contribution is -2.11. The molecule has 46 valence electrons. The van der Waals surface area contributed by atoms with Gasteiger partial charge in [-0.2, -0.15) is 0 Å². The highest BCUT2D eigenvalue weighted by Gasteiger charge is 2.11. The zero-order chi connectivity index (χ0) is 6.73. The number of nitrogens with zero attached hydrogens (tertiary/aromatic N) is 2. The van der Waals surface area contributed by atoms with Crippen molar-refractivity contribution >= 4 is 15.9 Å². The van der Waals surface area contributed by atoms with E-state index in [9.17, 15) is 20.2 Å². The van der Waals surface area contributed by atoms with Crippen LogP contribution in [0.25, 0.3) is 0 Å². The normalized spacial score (nSPS) is 8.12. The van der Waals surface area contributed by atoms with Gasteiger partial charge in [-0.25, -0.2) is 0 Å². The predicted octanol–water partition coefficient (Wildman–Crippen LogP) is 0.382. The zero-order valence-electron chi connectivity index (χ0n) is 3.41. The van der Waals surface area contributed by atoms with E-state index in [0.717, 1.165) is 0 Å². The molecule has 7 heteroatoms. The van der Waals surface area contributed by atoms with Crippen LogP contribution in [0.4, 0.5) is 0 Å². The molecule has 0 fully saturated rings. The number of rotatable bonds is 2. The molecule has 0 amide bonds. The third-order valence-corrected chi connectivity index (χ3v) is 0.880. The van der Waals surface area contributed by atoms with Gasteiger partial charge in [0.25, 0.3) is 0 Å². The Hall–Kier alpha value is -0.850. The van der Waals surface area contributed by atoms with Crippen LogP contribution in [0.3, 0.4) is 0 Å². The largest absolute Gasteiger partial charge is 0.325 e. The highest BCUT2D eigenvalue weighted by atomic mass is 79.9. The summed E-state index contributed by atoms with van der Waals surface area (Å²) in [7, 11) is 0. The summed E-state index contributed by atoms with van der Waals surface area (Å²) in [5, 5.41) is 17.7. The van der Waals surface area contributed by atoms with E-state index in [0.29, 0.717) is 0 Å². The van der Waals surface area contributed by atoms with E-state index < -0.39 is 14.9 Å². The van der Waals surface area contributed by atoms with Gasteiger partial charge < -0.3 is 0 Å². The first-order valence-electron chi connectivity index (χ1n) is 1.37. The van der Waals surface area contributed by atoms with Gasteiger partial charge in [0, 0.05) is 0 Å². The van der Waals surface area contributed by atoms with Crippen LogP contribution >= 0.6 is 15.9 Å². The van der Waals surface area contributed by atoms with E-state index in [1.54, 1.807) is 0 Å². The highest BCUT2D eigenvalue weighted by molar-refractivity contribution is 9.10. The molecule has 0 aromatic heterocycles. The molecule has 0 aliphatic heterocycles. The minimum atomic E-state index is -1.14. The van der Waals surface area contributed by atoms with Gasteiger partial charge in [0.2, 0.25) is 0 Å². The van der Waals surface area contributed by atoms with Crippen molar-refractivity contribution < 1.29 is 9.85 Å². The van der Waals surface area contributed by atoms with Crippen LogP contribution in [0.2, 0.25) is 0 Å². The number of halogens is 1. The van der Waals surface area contributed by atoms with Gasteiger partial charge in [-0.15, -0.1) is 15.9 Å². The van der Waals surface area contributed by atoms with Crippen LogP contribution in [0, 0.1) is 25.3 Å². The Labute approximate surface area is 51.9 Å². The van der Waals surface area contributed by atoms with E-state index in [1.807, 2.05) is 0 Å². The third kappa shape index (κ3) is 1.73. The average molecular weight is 184 g/mol. The van der Waals surface area contributed by atoms with Gasteiger partial charge in [0.1, 0.15) is 0 Å². The van der Waals surface area contributed by atoms with E-state index in [1.165, 1.54) is 0 Å². The second-order valence-electron chi connectivity index (χ2n) is 0.783. The molecule has 0 spiro atoms. The summed E-state index contributed by atoms with van der Waals surface area (Å²) in [4.78, 5) is 16.6. The number of nitro groups is 2. The maximum Gasteiger partial charge on any atom is 0.325 e. The van der Waals surface area contributed by atoms with Crippen LogP contribution in [-0.4, -0.2) is 9.85 Å². The maximum atomic E-state index is 9.42. The fourth-order valence-corrected chi connectivity index (χ4v) is 0.0667. The molecule has 0 bridgehead atoms. The van der Waals surface area contributed by atoms with Gasteiger partial charge in [-0.1, -0.05) is 0 Å².